The molecule has 0 N–H and O–H groups in total. The Morgan fingerprint density at radius 1 is 0.629 bits per heavy atom. The molecule has 0 fully saturated rings. The largest absolute Gasteiger partial charge is 0.510 e. The first kappa shape index (κ1) is 21.8. The molecule has 0 aliphatic heterocycles. The summed E-state index contributed by atoms with van der Waals surface area (Å²) in [4.78, 5) is 4.39. The smallest absolute Gasteiger partial charge is 0.268 e. The van der Waals surface area contributed by atoms with Crippen molar-refractivity contribution in [3.63, 3.8) is 0 Å². The molecule has 0 spiro atoms. The second kappa shape index (κ2) is 18.2. The van der Waals surface area contributed by atoms with E-state index in [1.165, 1.54) is 82.1 Å². The molecule has 0 atom stereocenters. The first-order chi connectivity index (χ1) is 47.0. The van der Waals surface area contributed by atoms with Gasteiger partial charge in [0.2, 0.25) is 0 Å². The molecule has 0 bridgehead atoms. The molecule has 0 unspecified atom stereocenters. The monoisotopic (exact) mass is 1120 g/mol. The molecular formula is C64H54N4OPt-2. The maximum absolute atomic E-state index is 9.82. The Hall–Kier alpha value is -7.33. The molecule has 0 radical (unpaired) electrons. The summed E-state index contributed by atoms with van der Waals surface area (Å²) in [5, 5.41) is 0.271. The van der Waals surface area contributed by atoms with Gasteiger partial charge in [-0.3, -0.25) is 4.57 Å². The van der Waals surface area contributed by atoms with Crippen LogP contribution in [0.25, 0.3) is 83.4 Å². The van der Waals surface area contributed by atoms with Crippen LogP contribution < -0.4 is 9.30 Å². The van der Waals surface area contributed by atoms with Gasteiger partial charge in [-0.05, 0) is 109 Å². The summed E-state index contributed by atoms with van der Waals surface area (Å²) in [5.41, 5.74) is -14.6. The van der Waals surface area contributed by atoms with E-state index in [4.69, 9.17) is 32.2 Å². The van der Waals surface area contributed by atoms with Crippen LogP contribution in [0.1, 0.15) is 109 Å². The molecule has 3 heterocycles. The van der Waals surface area contributed by atoms with E-state index in [0.717, 1.165) is 4.57 Å². The zero-order valence-corrected chi connectivity index (χ0v) is 39.2. The van der Waals surface area contributed by atoms with Crippen molar-refractivity contribution in [2.45, 2.75) is 65.9 Å². The van der Waals surface area contributed by atoms with Crippen molar-refractivity contribution in [1.29, 1.82) is 0 Å². The maximum atomic E-state index is 9.82. The molecule has 0 amide bonds. The molecule has 3 aromatic heterocycles. The third kappa shape index (κ3) is 8.58. The Kier molecular flexibility index (Phi) is 5.66. The molecule has 6 heteroatoms. The van der Waals surface area contributed by atoms with Crippen molar-refractivity contribution >= 4 is 32.8 Å². The number of pyridine rings is 1. The quantitative estimate of drug-likeness (QED) is 0.112. The van der Waals surface area contributed by atoms with Crippen LogP contribution >= 0.6 is 0 Å². The van der Waals surface area contributed by atoms with Gasteiger partial charge in [-0.25, -0.2) is 4.98 Å². The predicted octanol–water partition coefficient (Wildman–Crippen LogP) is 15.8. The van der Waals surface area contributed by atoms with Crippen molar-refractivity contribution in [1.82, 2.24) is 14.1 Å². The van der Waals surface area contributed by atoms with Gasteiger partial charge in [-0.15, -0.1) is 29.7 Å². The molecule has 348 valence electrons. The molecule has 11 aromatic rings. The van der Waals surface area contributed by atoms with E-state index in [9.17, 15) is 17.8 Å². The number of hydrogen-bond donors (Lipinski definition) is 0. The van der Waals surface area contributed by atoms with Crippen molar-refractivity contribution in [3.05, 3.63) is 222 Å². The van der Waals surface area contributed by atoms with Crippen molar-refractivity contribution < 1.29 is 75.6 Å². The Bertz CT molecular complexity index is 5310. The van der Waals surface area contributed by atoms with Gasteiger partial charge in [0.1, 0.15) is 5.82 Å². The van der Waals surface area contributed by atoms with Crippen LogP contribution in [-0.2, 0) is 31.9 Å². The SMILES string of the molecule is [2H]c1c([2H])c(-c2c([2H])c([2H])c(-c3c([2H])c([2H])c(C(C)(C)C)c([2H])c3C([2H])([2H])[2H])c([2H])c2[2H])c(-[n+]2[c-]n(-c3[c-]c(Oc4[c-]c5c(cc4)c4c([2H])c([2H])c([2H])c([2H])c4n5-c4cc(C([2H])([2H])[2H])ccn4)ccc3)c3ccccc32)c(-c2c([2H])c([2H])c(C(C([2H])([2H])[2H])(C([2H])([2H])[2H])C([2H])([2H])[2H])c([2H])c2[2H])c1[2H].[Pt]. The van der Waals surface area contributed by atoms with E-state index in [1.54, 1.807) is 20.8 Å². The summed E-state index contributed by atoms with van der Waals surface area (Å²) in [7, 11) is 0. The van der Waals surface area contributed by atoms with Gasteiger partial charge in [0, 0.05) is 64.8 Å². The second-order valence-electron chi connectivity index (χ2n) is 16.8. The summed E-state index contributed by atoms with van der Waals surface area (Å²) in [5.74, 6) is -0.218. The normalized spacial score (nSPS) is 19.6. The number of ether oxygens (including phenoxy) is 1. The number of imidazole rings is 1. The number of fused-ring (bicyclic) bond motifs is 4. The zero-order valence-electron chi connectivity index (χ0n) is 69.9. The van der Waals surface area contributed by atoms with E-state index in [1.807, 2.05) is 0 Å². The van der Waals surface area contributed by atoms with Gasteiger partial charge in [-0.1, -0.05) is 174 Å². The van der Waals surface area contributed by atoms with E-state index in [0.29, 0.717) is 0 Å². The van der Waals surface area contributed by atoms with Crippen molar-refractivity contribution in [2.24, 2.45) is 0 Å². The number of para-hydroxylation sites is 4. The summed E-state index contributed by atoms with van der Waals surface area (Å²) in [6, 6.07) is 3.45. The maximum Gasteiger partial charge on any atom is 0.268 e. The standard InChI is InChI=1S/C64H54N4O.Pt/c1-42-35-36-65-61(37-42)68-57-20-10-9-17-55(57)56-34-32-51(40-60(56)68)69-50-16-13-15-49(39-50)66-41-67(59-22-12-11-21-58(59)66)62-53(18-14-19-54(62)46-27-29-47(30-28-46)63(3,4)5)45-25-23-44(24-26-45)52-33-31-48(38-43(52)2)64(6,7)8;/h9-38H,1-8H3;/q-2;/i1D3,2D3,3D3,4D3,5D3,9D,10D,14D,17D,18D,19D,20D,23D,24D,25D,26D,27D,28D,29D,30D,31D,33D,38D;. The average molecular weight is 1120 g/mol. The van der Waals surface area contributed by atoms with Crippen LogP contribution in [0.3, 0.4) is 0 Å². The van der Waals surface area contributed by atoms with Gasteiger partial charge >= 0.3 is 0 Å². The Labute approximate surface area is 472 Å². The zero-order chi connectivity index (χ0) is 75.8. The van der Waals surface area contributed by atoms with E-state index < -0.39 is 204 Å². The number of aromatic nitrogens is 4. The first-order valence-corrected chi connectivity index (χ1v) is 21.1. The summed E-state index contributed by atoms with van der Waals surface area (Å²) < 4.78 is 305. The first-order valence-electron chi connectivity index (χ1n) is 37.6. The molecule has 70 heavy (non-hydrogen) atoms. The number of benzene rings is 8. The van der Waals surface area contributed by atoms with Crippen LogP contribution in [-0.4, -0.2) is 14.1 Å². The fourth-order valence-corrected chi connectivity index (χ4v) is 7.74. The Morgan fingerprint density at radius 2 is 1.34 bits per heavy atom. The molecule has 0 aliphatic carbocycles. The van der Waals surface area contributed by atoms with Crippen LogP contribution in [0.5, 0.6) is 11.5 Å². The van der Waals surface area contributed by atoms with Crippen LogP contribution in [0.4, 0.5) is 0 Å². The minimum Gasteiger partial charge on any atom is -0.510 e. The summed E-state index contributed by atoms with van der Waals surface area (Å²) in [6.45, 7) is -13.7. The molecule has 0 saturated heterocycles. The van der Waals surface area contributed by atoms with E-state index in [2.05, 4.69) is 23.4 Å². The number of rotatable bonds is 8. The van der Waals surface area contributed by atoms with Crippen LogP contribution in [0, 0.1) is 32.2 Å². The molecule has 0 aliphatic rings. The van der Waals surface area contributed by atoms with E-state index in [-0.39, 0.29) is 88.0 Å². The predicted molar refractivity (Wildman–Crippen MR) is 283 cm³/mol. The molecule has 0 saturated carbocycles. The third-order valence-corrected chi connectivity index (χ3v) is 11.0. The van der Waals surface area contributed by atoms with Crippen molar-refractivity contribution in [2.75, 3.05) is 0 Å². The second-order valence-corrected chi connectivity index (χ2v) is 16.8. The number of nitrogens with zero attached hydrogens (tertiary/aromatic N) is 4. The molecular weight excluding hydrogens is 1040 g/mol. The number of hydrogen-bond acceptors (Lipinski definition) is 2. The minimum atomic E-state index is -4.17. The third-order valence-electron chi connectivity index (χ3n) is 11.0. The summed E-state index contributed by atoms with van der Waals surface area (Å²) >= 11 is 0. The Morgan fingerprint density at radius 3 is 2.09 bits per heavy atom. The Balaban J connectivity index is 0.0000114. The van der Waals surface area contributed by atoms with Gasteiger partial charge in [0.25, 0.3) is 6.33 Å². The molecule has 8 aromatic carbocycles. The molecule has 11 rings (SSSR count). The van der Waals surface area contributed by atoms with Gasteiger partial charge in [0.05, 0.1) is 41.4 Å². The minimum absolute atomic E-state index is 0. The fraction of sp³-hybridized carbons (Fsp3) is 0.156. The van der Waals surface area contributed by atoms with Gasteiger partial charge in [-0.2, -0.15) is 18.2 Å². The summed E-state index contributed by atoms with van der Waals surface area (Å²) in [6.07, 6.45) is 4.27. The van der Waals surface area contributed by atoms with E-state index >= 15 is 0 Å². The van der Waals surface area contributed by atoms with Gasteiger partial charge < -0.3 is 13.9 Å². The van der Waals surface area contributed by atoms with Crippen molar-refractivity contribution in [3.8, 4) is 62.1 Å². The number of aryl methyl sites for hydroxylation is 1. The van der Waals surface area contributed by atoms with Gasteiger partial charge in [0.15, 0.2) is 0 Å². The topological polar surface area (TPSA) is 35.9 Å². The van der Waals surface area contributed by atoms with Crippen LogP contribution in [0.15, 0.2) is 182 Å². The average Bonchev–Trinajstić information content (AvgIpc) is 1.27. The van der Waals surface area contributed by atoms with Crippen LogP contribution in [0.2, 0.25) is 0 Å². The fourth-order valence-electron chi connectivity index (χ4n) is 7.74. The molecule has 5 nitrogen and oxygen atoms in total.